The molecule has 2 amide bonds. The zero-order chi connectivity index (χ0) is 12.1. The van der Waals surface area contributed by atoms with E-state index >= 15 is 0 Å². The van der Waals surface area contributed by atoms with Crippen molar-refractivity contribution in [2.75, 3.05) is 6.61 Å². The first kappa shape index (κ1) is 11.9. The predicted molar refractivity (Wildman–Crippen MR) is 62.4 cm³/mol. The van der Waals surface area contributed by atoms with Crippen LogP contribution in [0.25, 0.3) is 0 Å². The maximum Gasteiger partial charge on any atom is 0.315 e. The average molecular weight is 238 g/mol. The summed E-state index contributed by atoms with van der Waals surface area (Å²) in [4.78, 5) is 11.6. The predicted octanol–water partition coefficient (Wildman–Crippen LogP) is 0.776. The van der Waals surface area contributed by atoms with Gasteiger partial charge < -0.3 is 15.4 Å². The van der Waals surface area contributed by atoms with Crippen LogP contribution in [-0.4, -0.2) is 35.0 Å². The molecule has 1 aromatic heterocycles. The molecule has 17 heavy (non-hydrogen) atoms. The van der Waals surface area contributed by atoms with Gasteiger partial charge in [0.2, 0.25) is 0 Å². The summed E-state index contributed by atoms with van der Waals surface area (Å²) in [7, 11) is 0. The van der Waals surface area contributed by atoms with E-state index in [9.17, 15) is 4.79 Å². The Labute approximate surface area is 100 Å². The van der Waals surface area contributed by atoms with Gasteiger partial charge in [0, 0.05) is 12.8 Å². The minimum absolute atomic E-state index is 0.0410. The lowest BCUT2D eigenvalue weighted by atomic mass is 10.1. The number of hydrogen-bond acceptors (Lipinski definition) is 3. The first-order chi connectivity index (χ1) is 8.25. The van der Waals surface area contributed by atoms with Crippen LogP contribution in [0.3, 0.4) is 0 Å². The van der Waals surface area contributed by atoms with Crippen LogP contribution in [0.2, 0.25) is 0 Å². The smallest absolute Gasteiger partial charge is 0.315 e. The summed E-state index contributed by atoms with van der Waals surface area (Å²) in [6.45, 7) is 3.21. The zero-order valence-electron chi connectivity index (χ0n) is 9.90. The normalized spacial score (nSPS) is 21.1. The largest absolute Gasteiger partial charge is 0.376 e. The number of carbonyl (C=O) groups excluding carboxylic acids is 1. The first-order valence-corrected chi connectivity index (χ1v) is 5.90. The Kier molecular flexibility index (Phi) is 3.98. The molecule has 2 heterocycles. The number of ether oxygens (including phenoxy) is 1. The maximum absolute atomic E-state index is 11.6. The van der Waals surface area contributed by atoms with Crippen molar-refractivity contribution in [1.82, 2.24) is 20.8 Å². The van der Waals surface area contributed by atoms with Crippen molar-refractivity contribution in [3.05, 3.63) is 18.0 Å². The monoisotopic (exact) mass is 238 g/mol. The van der Waals surface area contributed by atoms with Crippen LogP contribution in [0.15, 0.2) is 12.3 Å². The number of rotatable bonds is 4. The van der Waals surface area contributed by atoms with Gasteiger partial charge in [-0.2, -0.15) is 5.10 Å². The summed E-state index contributed by atoms with van der Waals surface area (Å²) < 4.78 is 5.51. The molecule has 0 aliphatic carbocycles. The van der Waals surface area contributed by atoms with Gasteiger partial charge in [-0.1, -0.05) is 0 Å². The molecule has 1 saturated heterocycles. The van der Waals surface area contributed by atoms with Gasteiger partial charge in [-0.25, -0.2) is 4.79 Å². The number of carbonyl (C=O) groups is 1. The summed E-state index contributed by atoms with van der Waals surface area (Å²) in [6.07, 6.45) is 3.89. The summed E-state index contributed by atoms with van der Waals surface area (Å²) in [5.74, 6) is 0. The van der Waals surface area contributed by atoms with Crippen molar-refractivity contribution in [2.45, 2.75) is 38.5 Å². The standard InChI is InChI=1S/C11H18N4O2/c1-8(10-3-2-6-17-10)14-11(16)12-7-9-4-5-13-15-9/h4-5,8,10H,2-3,6-7H2,1H3,(H,13,15)(H2,12,14,16)/t8-,10-/m1/s1. The van der Waals surface area contributed by atoms with Gasteiger partial charge in [0.05, 0.1) is 24.4 Å². The molecule has 1 aromatic rings. The Bertz CT molecular complexity index is 346. The van der Waals surface area contributed by atoms with Crippen molar-refractivity contribution < 1.29 is 9.53 Å². The van der Waals surface area contributed by atoms with Gasteiger partial charge in [-0.05, 0) is 25.8 Å². The molecule has 0 aromatic carbocycles. The summed E-state index contributed by atoms with van der Waals surface area (Å²) >= 11 is 0. The SMILES string of the molecule is C[C@@H](NC(=O)NCc1ccn[nH]1)[C@H]1CCCO1. The summed E-state index contributed by atoms with van der Waals surface area (Å²) in [5, 5.41) is 12.2. The number of urea groups is 1. The molecule has 0 spiro atoms. The third-order valence-electron chi connectivity index (χ3n) is 2.88. The van der Waals surface area contributed by atoms with E-state index in [0.717, 1.165) is 25.1 Å². The number of nitrogens with one attached hydrogen (secondary N) is 3. The average Bonchev–Trinajstić information content (AvgIpc) is 2.99. The van der Waals surface area contributed by atoms with E-state index in [0.29, 0.717) is 6.54 Å². The fourth-order valence-electron chi connectivity index (χ4n) is 1.91. The van der Waals surface area contributed by atoms with E-state index in [4.69, 9.17) is 4.74 Å². The van der Waals surface area contributed by atoms with Crippen LogP contribution in [0.4, 0.5) is 4.79 Å². The lowest BCUT2D eigenvalue weighted by Crippen LogP contribution is -2.45. The minimum Gasteiger partial charge on any atom is -0.376 e. The van der Waals surface area contributed by atoms with Gasteiger partial charge in [-0.15, -0.1) is 0 Å². The number of aromatic amines is 1. The first-order valence-electron chi connectivity index (χ1n) is 5.90. The third-order valence-corrected chi connectivity index (χ3v) is 2.88. The van der Waals surface area contributed by atoms with Crippen molar-refractivity contribution >= 4 is 6.03 Å². The zero-order valence-corrected chi connectivity index (χ0v) is 9.90. The fraction of sp³-hybridized carbons (Fsp3) is 0.636. The Hall–Kier alpha value is -1.56. The van der Waals surface area contributed by atoms with Crippen LogP contribution in [0, 0.1) is 0 Å². The van der Waals surface area contributed by atoms with Crippen LogP contribution < -0.4 is 10.6 Å². The molecule has 1 aliphatic rings. The van der Waals surface area contributed by atoms with Crippen molar-refractivity contribution in [3.8, 4) is 0 Å². The molecule has 0 radical (unpaired) electrons. The highest BCUT2D eigenvalue weighted by Crippen LogP contribution is 2.15. The number of H-pyrrole nitrogens is 1. The highest BCUT2D eigenvalue weighted by molar-refractivity contribution is 5.74. The van der Waals surface area contributed by atoms with Crippen LogP contribution in [-0.2, 0) is 11.3 Å². The molecule has 2 rings (SSSR count). The van der Waals surface area contributed by atoms with Gasteiger partial charge >= 0.3 is 6.03 Å². The summed E-state index contributed by atoms with van der Waals surface area (Å²) in [6, 6.07) is 1.69. The van der Waals surface area contributed by atoms with Gasteiger partial charge in [-0.3, -0.25) is 5.10 Å². The fourth-order valence-corrected chi connectivity index (χ4v) is 1.91. The molecule has 1 fully saturated rings. The maximum atomic E-state index is 11.6. The molecule has 0 bridgehead atoms. The molecular formula is C11H18N4O2. The van der Waals surface area contributed by atoms with Crippen LogP contribution in [0.5, 0.6) is 0 Å². The lowest BCUT2D eigenvalue weighted by Gasteiger charge is -2.20. The number of aromatic nitrogens is 2. The van der Waals surface area contributed by atoms with Gasteiger partial charge in [0.1, 0.15) is 0 Å². The van der Waals surface area contributed by atoms with Crippen molar-refractivity contribution in [2.24, 2.45) is 0 Å². The van der Waals surface area contributed by atoms with E-state index < -0.39 is 0 Å². The Morgan fingerprint density at radius 1 is 1.76 bits per heavy atom. The highest BCUT2D eigenvalue weighted by atomic mass is 16.5. The second-order valence-corrected chi connectivity index (χ2v) is 4.25. The molecule has 0 saturated carbocycles. The quantitative estimate of drug-likeness (QED) is 0.725. The number of amides is 2. The minimum atomic E-state index is -0.178. The van der Waals surface area contributed by atoms with Crippen LogP contribution >= 0.6 is 0 Å². The molecule has 0 unspecified atom stereocenters. The van der Waals surface area contributed by atoms with Crippen molar-refractivity contribution in [3.63, 3.8) is 0 Å². The third kappa shape index (κ3) is 3.45. The number of hydrogen-bond donors (Lipinski definition) is 3. The van der Waals surface area contributed by atoms with E-state index in [1.807, 2.05) is 13.0 Å². The topological polar surface area (TPSA) is 79.0 Å². The van der Waals surface area contributed by atoms with E-state index in [2.05, 4.69) is 20.8 Å². The Morgan fingerprint density at radius 3 is 3.29 bits per heavy atom. The summed E-state index contributed by atoms with van der Waals surface area (Å²) in [5.41, 5.74) is 0.880. The number of nitrogens with zero attached hydrogens (tertiary/aromatic N) is 1. The second-order valence-electron chi connectivity index (χ2n) is 4.25. The second kappa shape index (κ2) is 5.67. The van der Waals surface area contributed by atoms with Crippen LogP contribution in [0.1, 0.15) is 25.5 Å². The Morgan fingerprint density at radius 2 is 2.65 bits per heavy atom. The Balaban J connectivity index is 1.69. The van der Waals surface area contributed by atoms with Gasteiger partial charge in [0.25, 0.3) is 0 Å². The molecule has 94 valence electrons. The molecule has 1 aliphatic heterocycles. The van der Waals surface area contributed by atoms with E-state index in [1.54, 1.807) is 6.20 Å². The molecular weight excluding hydrogens is 220 g/mol. The molecule has 6 heteroatoms. The van der Waals surface area contributed by atoms with E-state index in [-0.39, 0.29) is 18.2 Å². The molecule has 3 N–H and O–H groups in total. The van der Waals surface area contributed by atoms with Crippen molar-refractivity contribution in [1.29, 1.82) is 0 Å². The van der Waals surface area contributed by atoms with E-state index in [1.165, 1.54) is 0 Å². The molecule has 6 nitrogen and oxygen atoms in total. The highest BCUT2D eigenvalue weighted by Gasteiger charge is 2.23. The molecule has 2 atom stereocenters. The van der Waals surface area contributed by atoms with Gasteiger partial charge in [0.15, 0.2) is 0 Å². The lowest BCUT2D eigenvalue weighted by molar-refractivity contribution is 0.0860.